The maximum absolute atomic E-state index is 6.17. The monoisotopic (exact) mass is 380 g/mol. The van der Waals surface area contributed by atoms with Gasteiger partial charge >= 0.3 is 0 Å². The van der Waals surface area contributed by atoms with E-state index in [0.29, 0.717) is 5.25 Å². The minimum Gasteiger partial charge on any atom is -0.334 e. The normalized spacial score (nSPS) is 19.2. The van der Waals surface area contributed by atoms with E-state index < -0.39 is 0 Å². The van der Waals surface area contributed by atoms with E-state index in [2.05, 4.69) is 39.8 Å². The average molecular weight is 381 g/mol. The zero-order valence-electron chi connectivity index (χ0n) is 9.54. The van der Waals surface area contributed by atoms with Gasteiger partial charge in [-0.25, -0.2) is 0 Å². The van der Waals surface area contributed by atoms with Crippen LogP contribution in [0.2, 0.25) is 5.02 Å². The third-order valence-corrected chi connectivity index (χ3v) is 4.66. The molecule has 1 aliphatic rings. The van der Waals surface area contributed by atoms with E-state index >= 15 is 0 Å². The Morgan fingerprint density at radius 1 is 1.59 bits per heavy atom. The number of rotatable bonds is 3. The second kappa shape index (κ2) is 6.29. The number of anilines is 1. The van der Waals surface area contributed by atoms with Crippen molar-refractivity contribution in [3.63, 3.8) is 0 Å². The molecule has 1 atom stereocenters. The molecule has 0 bridgehead atoms. The molecule has 0 amide bonds. The summed E-state index contributed by atoms with van der Waals surface area (Å²) in [7, 11) is 0. The SMILES string of the molecule is CCCC1CN=C(Nc2ccc(I)cc2Cl)S1. The second-order valence-electron chi connectivity index (χ2n) is 3.92. The van der Waals surface area contributed by atoms with E-state index in [1.165, 1.54) is 12.8 Å². The van der Waals surface area contributed by atoms with Gasteiger partial charge in [0.25, 0.3) is 0 Å². The maximum Gasteiger partial charge on any atom is 0.161 e. The summed E-state index contributed by atoms with van der Waals surface area (Å²) in [6.07, 6.45) is 2.44. The molecule has 1 aliphatic heterocycles. The predicted molar refractivity (Wildman–Crippen MR) is 86.4 cm³/mol. The highest BCUT2D eigenvalue weighted by Crippen LogP contribution is 2.29. The number of benzene rings is 1. The van der Waals surface area contributed by atoms with E-state index in [1.54, 1.807) is 0 Å². The third kappa shape index (κ3) is 3.76. The smallest absolute Gasteiger partial charge is 0.161 e. The van der Waals surface area contributed by atoms with Crippen LogP contribution in [0.25, 0.3) is 0 Å². The van der Waals surface area contributed by atoms with E-state index in [-0.39, 0.29) is 0 Å². The van der Waals surface area contributed by atoms with Crippen LogP contribution in [0.3, 0.4) is 0 Å². The second-order valence-corrected chi connectivity index (χ2v) is 6.87. The fraction of sp³-hybridized carbons (Fsp3) is 0.417. The Kier molecular flexibility index (Phi) is 4.99. The summed E-state index contributed by atoms with van der Waals surface area (Å²) in [5.74, 6) is 0. The molecule has 1 unspecified atom stereocenters. The van der Waals surface area contributed by atoms with E-state index in [9.17, 15) is 0 Å². The summed E-state index contributed by atoms with van der Waals surface area (Å²) in [4.78, 5) is 4.50. The van der Waals surface area contributed by atoms with Gasteiger partial charge < -0.3 is 5.32 Å². The van der Waals surface area contributed by atoms with E-state index in [4.69, 9.17) is 11.6 Å². The summed E-state index contributed by atoms with van der Waals surface area (Å²) < 4.78 is 1.14. The maximum atomic E-state index is 6.17. The van der Waals surface area contributed by atoms with Crippen LogP contribution in [0.5, 0.6) is 0 Å². The fourth-order valence-corrected chi connectivity index (χ4v) is 3.70. The number of nitrogens with zero attached hydrogens (tertiary/aromatic N) is 1. The summed E-state index contributed by atoms with van der Waals surface area (Å²) in [5, 5.41) is 5.67. The number of aliphatic imine (C=N–C) groups is 1. The lowest BCUT2D eigenvalue weighted by atomic mass is 10.2. The predicted octanol–water partition coefficient (Wildman–Crippen LogP) is 4.63. The Balaban J connectivity index is 1.98. The van der Waals surface area contributed by atoms with Crippen molar-refractivity contribution in [2.45, 2.75) is 25.0 Å². The van der Waals surface area contributed by atoms with Gasteiger partial charge in [0.05, 0.1) is 17.3 Å². The summed E-state index contributed by atoms with van der Waals surface area (Å²) >= 11 is 10.2. The lowest BCUT2D eigenvalue weighted by Gasteiger charge is -2.09. The van der Waals surface area contributed by atoms with Crippen LogP contribution in [-0.4, -0.2) is 17.0 Å². The van der Waals surface area contributed by atoms with Crippen molar-refractivity contribution in [3.05, 3.63) is 26.8 Å². The Bertz CT molecular complexity index is 437. The van der Waals surface area contributed by atoms with Gasteiger partial charge in [0.1, 0.15) is 0 Å². The topological polar surface area (TPSA) is 24.4 Å². The fourth-order valence-electron chi connectivity index (χ4n) is 1.66. The average Bonchev–Trinajstić information content (AvgIpc) is 2.71. The lowest BCUT2D eigenvalue weighted by Crippen LogP contribution is -2.07. The highest BCUT2D eigenvalue weighted by molar-refractivity contribution is 14.1. The highest BCUT2D eigenvalue weighted by atomic mass is 127. The van der Waals surface area contributed by atoms with E-state index in [1.807, 2.05) is 30.0 Å². The Morgan fingerprint density at radius 3 is 3.12 bits per heavy atom. The number of amidine groups is 1. The van der Waals surface area contributed by atoms with Gasteiger partial charge in [-0.2, -0.15) is 0 Å². The molecule has 1 aromatic rings. The largest absolute Gasteiger partial charge is 0.334 e. The zero-order chi connectivity index (χ0) is 12.3. The molecule has 1 heterocycles. The first kappa shape index (κ1) is 13.5. The third-order valence-electron chi connectivity index (χ3n) is 2.50. The van der Waals surface area contributed by atoms with Gasteiger partial charge in [0.2, 0.25) is 0 Å². The number of nitrogens with one attached hydrogen (secondary N) is 1. The van der Waals surface area contributed by atoms with Crippen LogP contribution in [0.1, 0.15) is 19.8 Å². The van der Waals surface area contributed by atoms with Crippen molar-refractivity contribution in [2.24, 2.45) is 4.99 Å². The highest BCUT2D eigenvalue weighted by Gasteiger charge is 2.19. The Morgan fingerprint density at radius 2 is 2.41 bits per heavy atom. The first-order valence-electron chi connectivity index (χ1n) is 5.62. The molecular formula is C12H14ClIN2S. The number of thioether (sulfide) groups is 1. The molecule has 0 spiro atoms. The van der Waals surface area contributed by atoms with Crippen molar-refractivity contribution >= 4 is 56.8 Å². The molecule has 0 saturated carbocycles. The van der Waals surface area contributed by atoms with Crippen LogP contribution in [0.15, 0.2) is 23.2 Å². The molecule has 0 fully saturated rings. The van der Waals surface area contributed by atoms with Gasteiger partial charge in [-0.05, 0) is 47.2 Å². The van der Waals surface area contributed by atoms with Gasteiger partial charge in [-0.15, -0.1) is 0 Å². The molecule has 92 valence electrons. The van der Waals surface area contributed by atoms with Gasteiger partial charge in [0.15, 0.2) is 5.17 Å². The molecule has 17 heavy (non-hydrogen) atoms. The molecule has 0 aromatic heterocycles. The number of hydrogen-bond donors (Lipinski definition) is 1. The minimum absolute atomic E-state index is 0.630. The number of halogens is 2. The molecule has 1 N–H and O–H groups in total. The van der Waals surface area contributed by atoms with Crippen LogP contribution >= 0.6 is 46.0 Å². The van der Waals surface area contributed by atoms with Gasteiger partial charge in [0, 0.05) is 8.82 Å². The van der Waals surface area contributed by atoms with Crippen molar-refractivity contribution in [1.29, 1.82) is 0 Å². The molecule has 1 aromatic carbocycles. The van der Waals surface area contributed by atoms with E-state index in [0.717, 1.165) is 26.0 Å². The molecular weight excluding hydrogens is 367 g/mol. The minimum atomic E-state index is 0.630. The summed E-state index contributed by atoms with van der Waals surface area (Å²) in [5.41, 5.74) is 0.940. The lowest BCUT2D eigenvalue weighted by molar-refractivity contribution is 0.754. The number of hydrogen-bond acceptors (Lipinski definition) is 3. The molecule has 2 rings (SSSR count). The zero-order valence-corrected chi connectivity index (χ0v) is 13.3. The van der Waals surface area contributed by atoms with Gasteiger partial charge in [-0.1, -0.05) is 36.7 Å². The standard InChI is InChI=1S/C12H14ClIN2S/c1-2-3-9-7-15-12(17-9)16-11-5-4-8(14)6-10(11)13/h4-6,9H,2-3,7H2,1H3,(H,15,16). The molecule has 0 aliphatic carbocycles. The molecule has 5 heteroatoms. The first-order valence-corrected chi connectivity index (χ1v) is 7.96. The first-order chi connectivity index (χ1) is 8.19. The molecule has 0 saturated heterocycles. The molecule has 2 nitrogen and oxygen atoms in total. The van der Waals surface area contributed by atoms with Crippen molar-refractivity contribution < 1.29 is 0 Å². The van der Waals surface area contributed by atoms with Crippen molar-refractivity contribution in [2.75, 3.05) is 11.9 Å². The Hall–Kier alpha value is 0.0600. The van der Waals surface area contributed by atoms with Gasteiger partial charge in [-0.3, -0.25) is 4.99 Å². The van der Waals surface area contributed by atoms with Crippen LogP contribution in [-0.2, 0) is 0 Å². The quantitative estimate of drug-likeness (QED) is 0.773. The molecule has 0 radical (unpaired) electrons. The Labute approximate surface area is 125 Å². The van der Waals surface area contributed by atoms with Crippen LogP contribution in [0, 0.1) is 3.57 Å². The summed E-state index contributed by atoms with van der Waals surface area (Å²) in [6.45, 7) is 3.13. The van der Waals surface area contributed by atoms with Crippen LogP contribution in [0.4, 0.5) is 5.69 Å². The van der Waals surface area contributed by atoms with Crippen molar-refractivity contribution in [3.8, 4) is 0 Å². The van der Waals surface area contributed by atoms with Crippen LogP contribution < -0.4 is 5.32 Å². The van der Waals surface area contributed by atoms with Crippen molar-refractivity contribution in [1.82, 2.24) is 0 Å². The summed E-state index contributed by atoms with van der Waals surface area (Å²) in [6, 6.07) is 5.99.